The first-order valence-corrected chi connectivity index (χ1v) is 4.69. The normalized spacial score (nSPS) is 19.1. The maximum Gasteiger partial charge on any atom is 0.143 e. The Morgan fingerprint density at radius 1 is 1.38 bits per heavy atom. The zero-order valence-corrected chi connectivity index (χ0v) is 7.95. The Labute approximate surface area is 79.1 Å². The Kier molecular flexibility index (Phi) is 2.71. The monoisotopic (exact) mass is 179 g/mol. The van der Waals surface area contributed by atoms with Crippen LogP contribution in [0, 0.1) is 0 Å². The van der Waals surface area contributed by atoms with Crippen LogP contribution in [0.1, 0.15) is 5.76 Å². The van der Waals surface area contributed by atoms with Crippen LogP contribution in [-0.2, 0) is 11.3 Å². The molecule has 2 heterocycles. The average Bonchev–Trinajstić information content (AvgIpc) is 2.53. The summed E-state index contributed by atoms with van der Waals surface area (Å²) in [6.45, 7) is 4.63. The van der Waals surface area contributed by atoms with Gasteiger partial charge in [0.2, 0.25) is 0 Å². The maximum absolute atomic E-state index is 5.38. The molecule has 0 bridgehead atoms. The van der Waals surface area contributed by atoms with Crippen molar-refractivity contribution >= 4 is 13.3 Å². The largest absolute Gasteiger partial charge is 0.469 e. The van der Waals surface area contributed by atoms with Crippen LogP contribution in [0.3, 0.4) is 0 Å². The van der Waals surface area contributed by atoms with Crippen molar-refractivity contribution in [3.8, 4) is 0 Å². The molecule has 4 heteroatoms. The van der Waals surface area contributed by atoms with Gasteiger partial charge in [-0.05, 0) is 6.07 Å². The lowest BCUT2D eigenvalue weighted by Crippen LogP contribution is -2.35. The molecule has 0 amide bonds. The van der Waals surface area contributed by atoms with Crippen LogP contribution in [0.15, 0.2) is 16.7 Å². The van der Waals surface area contributed by atoms with Gasteiger partial charge in [0.15, 0.2) is 0 Å². The third-order valence-electron chi connectivity index (χ3n) is 2.27. The molecule has 0 atom stereocenters. The van der Waals surface area contributed by atoms with Crippen LogP contribution in [0.2, 0.25) is 0 Å². The molecule has 0 spiro atoms. The summed E-state index contributed by atoms with van der Waals surface area (Å²) >= 11 is 0. The third-order valence-corrected chi connectivity index (χ3v) is 2.27. The highest BCUT2D eigenvalue weighted by Crippen LogP contribution is 2.05. The number of furan rings is 1. The van der Waals surface area contributed by atoms with E-state index in [-0.39, 0.29) is 0 Å². The van der Waals surface area contributed by atoms with E-state index in [9.17, 15) is 0 Å². The van der Waals surface area contributed by atoms with E-state index in [2.05, 4.69) is 11.0 Å². The van der Waals surface area contributed by atoms with Gasteiger partial charge in [-0.1, -0.05) is 5.46 Å². The van der Waals surface area contributed by atoms with Gasteiger partial charge in [0.1, 0.15) is 13.6 Å². The van der Waals surface area contributed by atoms with Crippen LogP contribution in [0.25, 0.3) is 0 Å². The first kappa shape index (κ1) is 8.85. The number of hydrogen-bond donors (Lipinski definition) is 0. The highest BCUT2D eigenvalue weighted by atomic mass is 16.5. The lowest BCUT2D eigenvalue weighted by Gasteiger charge is -2.25. The average molecular weight is 179 g/mol. The number of hydrogen-bond acceptors (Lipinski definition) is 3. The molecule has 0 aromatic carbocycles. The fourth-order valence-electron chi connectivity index (χ4n) is 1.55. The molecule has 0 saturated carbocycles. The number of rotatable bonds is 2. The molecule has 0 radical (unpaired) electrons. The Morgan fingerprint density at radius 3 is 2.77 bits per heavy atom. The van der Waals surface area contributed by atoms with E-state index in [1.54, 1.807) is 6.26 Å². The molecule has 2 rings (SSSR count). The Morgan fingerprint density at radius 2 is 2.15 bits per heavy atom. The van der Waals surface area contributed by atoms with Crippen molar-refractivity contribution in [3.63, 3.8) is 0 Å². The van der Waals surface area contributed by atoms with Crippen molar-refractivity contribution in [3.05, 3.63) is 18.1 Å². The minimum Gasteiger partial charge on any atom is -0.469 e. The highest BCUT2D eigenvalue weighted by Gasteiger charge is 2.11. The lowest BCUT2D eigenvalue weighted by molar-refractivity contribution is 0.0313. The number of ether oxygens (including phenoxy) is 1. The van der Waals surface area contributed by atoms with Gasteiger partial charge in [-0.25, -0.2) is 0 Å². The molecule has 1 saturated heterocycles. The summed E-state index contributed by atoms with van der Waals surface area (Å²) in [4.78, 5) is 2.35. The molecular weight excluding hydrogens is 165 g/mol. The molecule has 1 fully saturated rings. The minimum atomic E-state index is 0.847. The summed E-state index contributed by atoms with van der Waals surface area (Å²) in [7, 11) is 2.05. The first-order chi connectivity index (χ1) is 6.34. The van der Waals surface area contributed by atoms with Gasteiger partial charge in [0.25, 0.3) is 0 Å². The molecule has 3 nitrogen and oxygen atoms in total. The Balaban J connectivity index is 1.89. The smallest absolute Gasteiger partial charge is 0.143 e. The predicted octanol–water partition coefficient (Wildman–Crippen LogP) is -0.630. The van der Waals surface area contributed by atoms with Gasteiger partial charge in [0.05, 0.1) is 26.0 Å². The van der Waals surface area contributed by atoms with Crippen LogP contribution in [-0.4, -0.2) is 39.0 Å². The maximum atomic E-state index is 5.38. The predicted molar refractivity (Wildman–Crippen MR) is 53.0 cm³/mol. The molecule has 13 heavy (non-hydrogen) atoms. The molecule has 1 aliphatic heterocycles. The van der Waals surface area contributed by atoms with E-state index in [1.807, 2.05) is 7.85 Å². The van der Waals surface area contributed by atoms with Crippen molar-refractivity contribution in [2.45, 2.75) is 6.54 Å². The molecular formula is C9H14BNO2. The second kappa shape index (κ2) is 3.98. The molecule has 0 aliphatic carbocycles. The quantitative estimate of drug-likeness (QED) is 0.565. The second-order valence-corrected chi connectivity index (χ2v) is 3.48. The van der Waals surface area contributed by atoms with Crippen LogP contribution in [0.4, 0.5) is 0 Å². The van der Waals surface area contributed by atoms with Crippen molar-refractivity contribution < 1.29 is 9.15 Å². The van der Waals surface area contributed by atoms with Gasteiger partial charge in [-0.3, -0.25) is 4.90 Å². The summed E-state index contributed by atoms with van der Waals surface area (Å²) in [6.07, 6.45) is 1.80. The topological polar surface area (TPSA) is 25.6 Å². The van der Waals surface area contributed by atoms with Crippen molar-refractivity contribution in [2.75, 3.05) is 26.3 Å². The van der Waals surface area contributed by atoms with E-state index in [0.29, 0.717) is 0 Å². The molecule has 1 aliphatic rings. The van der Waals surface area contributed by atoms with E-state index < -0.39 is 0 Å². The fraction of sp³-hybridized carbons (Fsp3) is 0.556. The van der Waals surface area contributed by atoms with Crippen molar-refractivity contribution in [1.82, 2.24) is 4.90 Å². The summed E-state index contributed by atoms with van der Waals surface area (Å²) in [6, 6.07) is 2.09. The highest BCUT2D eigenvalue weighted by molar-refractivity contribution is 6.32. The van der Waals surface area contributed by atoms with E-state index in [1.165, 1.54) is 5.46 Å². The number of nitrogens with zero attached hydrogens (tertiary/aromatic N) is 1. The van der Waals surface area contributed by atoms with Gasteiger partial charge in [-0.2, -0.15) is 0 Å². The summed E-state index contributed by atoms with van der Waals surface area (Å²) in [5.74, 6) is 1.06. The number of morpholine rings is 1. The molecule has 1 aromatic rings. The Bertz CT molecular complexity index is 268. The van der Waals surface area contributed by atoms with Crippen molar-refractivity contribution in [1.29, 1.82) is 0 Å². The molecule has 0 unspecified atom stereocenters. The van der Waals surface area contributed by atoms with E-state index >= 15 is 0 Å². The van der Waals surface area contributed by atoms with Crippen LogP contribution in [0.5, 0.6) is 0 Å². The third kappa shape index (κ3) is 2.35. The molecule has 0 N–H and O–H groups in total. The van der Waals surface area contributed by atoms with E-state index in [4.69, 9.17) is 9.15 Å². The molecule has 1 aromatic heterocycles. The summed E-state index contributed by atoms with van der Waals surface area (Å²) < 4.78 is 10.7. The van der Waals surface area contributed by atoms with Gasteiger partial charge < -0.3 is 9.15 Å². The zero-order chi connectivity index (χ0) is 9.10. The minimum absolute atomic E-state index is 0.847. The second-order valence-electron chi connectivity index (χ2n) is 3.48. The standard InChI is InChI=1S/C9H14BNO2/c10-8-5-9(13-7-8)6-11-1-3-12-4-2-11/h5,7H,1-4,6,10H2. The molecule has 70 valence electrons. The summed E-state index contributed by atoms with van der Waals surface area (Å²) in [5.41, 5.74) is 1.20. The first-order valence-electron chi connectivity index (χ1n) is 4.69. The van der Waals surface area contributed by atoms with E-state index in [0.717, 1.165) is 38.6 Å². The van der Waals surface area contributed by atoms with Crippen LogP contribution >= 0.6 is 0 Å². The fourth-order valence-corrected chi connectivity index (χ4v) is 1.55. The van der Waals surface area contributed by atoms with Crippen LogP contribution < -0.4 is 5.46 Å². The van der Waals surface area contributed by atoms with Gasteiger partial charge >= 0.3 is 0 Å². The lowest BCUT2D eigenvalue weighted by atomic mass is 10.0. The Hall–Kier alpha value is -0.735. The SMILES string of the molecule is Bc1coc(CN2CCOCC2)c1. The van der Waals surface area contributed by atoms with Gasteiger partial charge in [-0.15, -0.1) is 0 Å². The van der Waals surface area contributed by atoms with Gasteiger partial charge in [0, 0.05) is 13.1 Å². The zero-order valence-electron chi connectivity index (χ0n) is 7.95. The summed E-state index contributed by atoms with van der Waals surface area (Å²) in [5, 5.41) is 0. The van der Waals surface area contributed by atoms with Crippen molar-refractivity contribution in [2.24, 2.45) is 0 Å².